The van der Waals surface area contributed by atoms with Crippen LogP contribution in [0.3, 0.4) is 0 Å². The van der Waals surface area contributed by atoms with Gasteiger partial charge in [0.15, 0.2) is 5.78 Å². The summed E-state index contributed by atoms with van der Waals surface area (Å²) in [7, 11) is 0. The van der Waals surface area contributed by atoms with Gasteiger partial charge >= 0.3 is 0 Å². The second kappa shape index (κ2) is 6.48. The topological polar surface area (TPSA) is 39.2 Å². The number of hydrogen-bond acceptors (Lipinski definition) is 5. The van der Waals surface area contributed by atoms with Crippen LogP contribution in [0.15, 0.2) is 18.5 Å². The highest BCUT2D eigenvalue weighted by molar-refractivity contribution is 8.07. The van der Waals surface area contributed by atoms with Crippen molar-refractivity contribution in [2.45, 2.75) is 24.3 Å². The Kier molecular flexibility index (Phi) is 4.95. The third-order valence-corrected chi connectivity index (χ3v) is 5.84. The van der Waals surface area contributed by atoms with E-state index < -0.39 is 0 Å². The minimum atomic E-state index is 0.0439. The number of carbonyl (C=O) groups is 1. The van der Waals surface area contributed by atoms with E-state index in [0.29, 0.717) is 23.2 Å². The van der Waals surface area contributed by atoms with Gasteiger partial charge in [-0.05, 0) is 13.0 Å². The quantitative estimate of drug-likeness (QED) is 0.795. The van der Waals surface area contributed by atoms with Gasteiger partial charge in [0, 0.05) is 28.5 Å². The van der Waals surface area contributed by atoms with Crippen LogP contribution in [0.25, 0.3) is 0 Å². The maximum atomic E-state index is 12.4. The van der Waals surface area contributed by atoms with Crippen molar-refractivity contribution >= 4 is 29.3 Å². The first-order valence-electron chi connectivity index (χ1n) is 6.07. The van der Waals surface area contributed by atoms with Crippen LogP contribution < -0.4 is 4.74 Å². The molecule has 2 atom stereocenters. The molecule has 2 unspecified atom stereocenters. The fraction of sp³-hybridized carbons (Fsp3) is 0.538. The third kappa shape index (κ3) is 3.20. The average molecular weight is 283 g/mol. The number of aromatic nitrogens is 1. The van der Waals surface area contributed by atoms with Crippen molar-refractivity contribution in [3.63, 3.8) is 0 Å². The van der Waals surface area contributed by atoms with E-state index in [4.69, 9.17) is 4.74 Å². The molecule has 1 aliphatic rings. The highest BCUT2D eigenvalue weighted by Crippen LogP contribution is 2.33. The smallest absolute Gasteiger partial charge is 0.178 e. The molecule has 0 aromatic carbocycles. The number of pyridine rings is 1. The largest absolute Gasteiger partial charge is 0.492 e. The van der Waals surface area contributed by atoms with Crippen LogP contribution in [-0.4, -0.2) is 39.4 Å². The SMILES string of the molecule is CCOc1cncc(C(=O)C2SCCSC2C)c1. The third-order valence-electron chi connectivity index (χ3n) is 2.75. The van der Waals surface area contributed by atoms with E-state index in [1.165, 1.54) is 0 Å². The van der Waals surface area contributed by atoms with Crippen LogP contribution in [-0.2, 0) is 0 Å². The van der Waals surface area contributed by atoms with Crippen LogP contribution in [0.1, 0.15) is 24.2 Å². The second-order valence-corrected chi connectivity index (χ2v) is 6.81. The van der Waals surface area contributed by atoms with Crippen molar-refractivity contribution in [3.8, 4) is 5.75 Å². The maximum absolute atomic E-state index is 12.4. The molecule has 1 saturated heterocycles. The van der Waals surface area contributed by atoms with E-state index in [0.717, 1.165) is 11.5 Å². The first-order valence-corrected chi connectivity index (χ1v) is 8.17. The Labute approximate surface area is 116 Å². The summed E-state index contributed by atoms with van der Waals surface area (Å²) in [6.45, 7) is 4.63. The number of ketones is 1. The molecule has 3 nitrogen and oxygen atoms in total. The molecule has 2 heterocycles. The van der Waals surface area contributed by atoms with Crippen molar-refractivity contribution in [2.24, 2.45) is 0 Å². The molecule has 0 spiro atoms. The molecule has 0 radical (unpaired) electrons. The highest BCUT2D eigenvalue weighted by Gasteiger charge is 2.30. The van der Waals surface area contributed by atoms with Crippen LogP contribution >= 0.6 is 23.5 Å². The van der Waals surface area contributed by atoms with Crippen LogP contribution in [0.5, 0.6) is 5.75 Å². The van der Waals surface area contributed by atoms with E-state index in [2.05, 4.69) is 11.9 Å². The molecule has 5 heteroatoms. The number of rotatable bonds is 4. The number of hydrogen-bond donors (Lipinski definition) is 0. The predicted molar refractivity (Wildman–Crippen MR) is 77.9 cm³/mol. The van der Waals surface area contributed by atoms with Gasteiger partial charge in [-0.3, -0.25) is 9.78 Å². The Bertz CT molecular complexity index is 425. The summed E-state index contributed by atoms with van der Waals surface area (Å²) in [6.07, 6.45) is 3.28. The van der Waals surface area contributed by atoms with Crippen molar-refractivity contribution < 1.29 is 9.53 Å². The van der Waals surface area contributed by atoms with Gasteiger partial charge in [0.25, 0.3) is 0 Å². The molecule has 1 aliphatic heterocycles. The molecule has 2 rings (SSSR count). The molecule has 1 aromatic rings. The molecule has 1 aromatic heterocycles. The number of thioether (sulfide) groups is 2. The van der Waals surface area contributed by atoms with Crippen LogP contribution in [0.4, 0.5) is 0 Å². The van der Waals surface area contributed by atoms with Gasteiger partial charge in [0.2, 0.25) is 0 Å². The molecule has 18 heavy (non-hydrogen) atoms. The van der Waals surface area contributed by atoms with Gasteiger partial charge < -0.3 is 4.74 Å². The summed E-state index contributed by atoms with van der Waals surface area (Å²) in [5.74, 6) is 3.02. The molecular weight excluding hydrogens is 266 g/mol. The van der Waals surface area contributed by atoms with E-state index in [9.17, 15) is 4.79 Å². The zero-order valence-electron chi connectivity index (χ0n) is 10.6. The lowest BCUT2D eigenvalue weighted by Crippen LogP contribution is -2.31. The lowest BCUT2D eigenvalue weighted by molar-refractivity contribution is 0.0988. The van der Waals surface area contributed by atoms with Crippen molar-refractivity contribution in [1.29, 1.82) is 0 Å². The monoisotopic (exact) mass is 283 g/mol. The molecule has 0 aliphatic carbocycles. The Morgan fingerprint density at radius 2 is 2.22 bits per heavy atom. The van der Waals surface area contributed by atoms with Crippen molar-refractivity contribution in [3.05, 3.63) is 24.0 Å². The van der Waals surface area contributed by atoms with Gasteiger partial charge in [0.05, 0.1) is 18.1 Å². The zero-order valence-corrected chi connectivity index (χ0v) is 12.2. The number of nitrogens with zero attached hydrogens (tertiary/aromatic N) is 1. The van der Waals surface area contributed by atoms with Crippen LogP contribution in [0, 0.1) is 0 Å². The Morgan fingerprint density at radius 3 is 2.94 bits per heavy atom. The number of carbonyl (C=O) groups excluding carboxylic acids is 1. The maximum Gasteiger partial charge on any atom is 0.178 e. The van der Waals surface area contributed by atoms with Gasteiger partial charge in [-0.15, -0.1) is 11.8 Å². The zero-order chi connectivity index (χ0) is 13.0. The van der Waals surface area contributed by atoms with E-state index in [1.54, 1.807) is 30.2 Å². The molecule has 0 amide bonds. The standard InChI is InChI=1S/C13H17NO2S2/c1-3-16-11-6-10(7-14-8-11)12(15)13-9(2)17-4-5-18-13/h6-9,13H,3-5H2,1-2H3. The molecule has 0 N–H and O–H groups in total. The first kappa shape index (κ1) is 13.7. The summed E-state index contributed by atoms with van der Waals surface area (Å²) in [4.78, 5) is 16.5. The summed E-state index contributed by atoms with van der Waals surface area (Å²) < 4.78 is 5.38. The predicted octanol–water partition coefficient (Wildman–Crippen LogP) is 2.90. The Morgan fingerprint density at radius 1 is 1.44 bits per heavy atom. The summed E-state index contributed by atoms with van der Waals surface area (Å²) in [5.41, 5.74) is 0.660. The Balaban J connectivity index is 2.14. The molecule has 98 valence electrons. The van der Waals surface area contributed by atoms with Gasteiger partial charge in [-0.25, -0.2) is 0 Å². The van der Waals surface area contributed by atoms with Crippen LogP contribution in [0.2, 0.25) is 0 Å². The highest BCUT2D eigenvalue weighted by atomic mass is 32.2. The molecule has 0 bridgehead atoms. The Hall–Kier alpha value is -0.680. The molecule has 0 saturated carbocycles. The van der Waals surface area contributed by atoms with Crippen molar-refractivity contribution in [1.82, 2.24) is 4.98 Å². The van der Waals surface area contributed by atoms with Gasteiger partial charge in [-0.2, -0.15) is 11.8 Å². The van der Waals surface area contributed by atoms with Gasteiger partial charge in [-0.1, -0.05) is 6.92 Å². The van der Waals surface area contributed by atoms with Crippen molar-refractivity contribution in [2.75, 3.05) is 18.1 Å². The van der Waals surface area contributed by atoms with E-state index >= 15 is 0 Å². The number of ether oxygens (including phenoxy) is 1. The minimum absolute atomic E-state index is 0.0439. The van der Waals surface area contributed by atoms with Gasteiger partial charge in [0.1, 0.15) is 5.75 Å². The molecule has 1 fully saturated rings. The van der Waals surface area contributed by atoms with E-state index in [-0.39, 0.29) is 11.0 Å². The average Bonchev–Trinajstić information content (AvgIpc) is 2.39. The van der Waals surface area contributed by atoms with E-state index in [1.807, 2.05) is 18.7 Å². The normalized spacial score (nSPS) is 23.7. The summed E-state index contributed by atoms with van der Waals surface area (Å²) in [5, 5.41) is 0.412. The second-order valence-electron chi connectivity index (χ2n) is 4.07. The summed E-state index contributed by atoms with van der Waals surface area (Å²) in [6, 6.07) is 1.80. The minimum Gasteiger partial charge on any atom is -0.492 e. The first-order chi connectivity index (χ1) is 8.72. The fourth-order valence-electron chi connectivity index (χ4n) is 1.88. The fourth-order valence-corrected chi connectivity index (χ4v) is 4.61. The lowest BCUT2D eigenvalue weighted by Gasteiger charge is -2.26. The molecular formula is C13H17NO2S2. The number of Topliss-reactive ketones (excluding diaryl/α,β-unsaturated/α-hetero) is 1. The summed E-state index contributed by atoms with van der Waals surface area (Å²) >= 11 is 3.62. The lowest BCUT2D eigenvalue weighted by atomic mass is 10.1.